The van der Waals surface area contributed by atoms with E-state index in [1.807, 2.05) is 36.5 Å². The molecular formula is C17H23N5O2. The van der Waals surface area contributed by atoms with E-state index in [4.69, 9.17) is 4.74 Å². The normalized spacial score (nSPS) is 15.2. The lowest BCUT2D eigenvalue weighted by Crippen LogP contribution is -2.38. The van der Waals surface area contributed by atoms with Gasteiger partial charge in [-0.3, -0.25) is 4.90 Å². The smallest absolute Gasteiger partial charge is 0.319 e. The van der Waals surface area contributed by atoms with E-state index >= 15 is 0 Å². The Bertz CT molecular complexity index is 638. The highest BCUT2D eigenvalue weighted by Gasteiger charge is 2.10. The standard InChI is InChI=1S/C17H23N5O2/c23-17(18-7-3-9-21-11-13-24-14-12-21)20-15-5-1-2-6-16(15)22-10-4-8-19-22/h1-2,4-6,8,10H,3,7,9,11-14H2,(H2,18,20,23). The second-order valence-corrected chi connectivity index (χ2v) is 5.66. The van der Waals surface area contributed by atoms with Gasteiger partial charge in [-0.15, -0.1) is 0 Å². The van der Waals surface area contributed by atoms with Gasteiger partial charge in [-0.1, -0.05) is 12.1 Å². The number of hydrogen-bond donors (Lipinski definition) is 2. The van der Waals surface area contributed by atoms with Crippen LogP contribution < -0.4 is 10.6 Å². The third-order valence-corrected chi connectivity index (χ3v) is 3.94. The van der Waals surface area contributed by atoms with E-state index in [2.05, 4.69) is 20.6 Å². The maximum absolute atomic E-state index is 12.1. The molecular weight excluding hydrogens is 306 g/mol. The van der Waals surface area contributed by atoms with Crippen LogP contribution >= 0.6 is 0 Å². The van der Waals surface area contributed by atoms with Gasteiger partial charge in [0.15, 0.2) is 0 Å². The van der Waals surface area contributed by atoms with E-state index in [9.17, 15) is 4.79 Å². The van der Waals surface area contributed by atoms with Crippen molar-refractivity contribution < 1.29 is 9.53 Å². The molecule has 1 aliphatic heterocycles. The van der Waals surface area contributed by atoms with E-state index in [-0.39, 0.29) is 6.03 Å². The molecule has 1 saturated heterocycles. The molecule has 2 amide bonds. The Hall–Kier alpha value is -2.38. The maximum Gasteiger partial charge on any atom is 0.319 e. The van der Waals surface area contributed by atoms with Gasteiger partial charge < -0.3 is 15.4 Å². The van der Waals surface area contributed by atoms with Crippen molar-refractivity contribution in [1.82, 2.24) is 20.0 Å². The van der Waals surface area contributed by atoms with E-state index in [0.29, 0.717) is 6.54 Å². The van der Waals surface area contributed by atoms with Crippen LogP contribution in [0.4, 0.5) is 10.5 Å². The molecule has 1 aromatic heterocycles. The number of nitrogens with zero attached hydrogens (tertiary/aromatic N) is 3. The van der Waals surface area contributed by atoms with Crippen LogP contribution in [0.5, 0.6) is 0 Å². The summed E-state index contributed by atoms with van der Waals surface area (Å²) in [5, 5.41) is 10.0. The molecule has 0 saturated carbocycles. The summed E-state index contributed by atoms with van der Waals surface area (Å²) in [4.78, 5) is 14.5. The van der Waals surface area contributed by atoms with Crippen molar-refractivity contribution in [1.29, 1.82) is 0 Å². The van der Waals surface area contributed by atoms with Gasteiger partial charge in [-0.05, 0) is 31.2 Å². The summed E-state index contributed by atoms with van der Waals surface area (Å²) in [5.74, 6) is 0. The average Bonchev–Trinajstić information content (AvgIpc) is 3.15. The van der Waals surface area contributed by atoms with Gasteiger partial charge in [-0.25, -0.2) is 9.48 Å². The number of carbonyl (C=O) groups excluding carboxylic acids is 1. The summed E-state index contributed by atoms with van der Waals surface area (Å²) in [7, 11) is 0. The first-order chi connectivity index (χ1) is 11.8. The number of morpholine rings is 1. The van der Waals surface area contributed by atoms with Crippen molar-refractivity contribution in [2.24, 2.45) is 0 Å². The molecule has 7 nitrogen and oxygen atoms in total. The Balaban J connectivity index is 1.45. The molecule has 2 N–H and O–H groups in total. The van der Waals surface area contributed by atoms with Crippen LogP contribution in [0.25, 0.3) is 5.69 Å². The topological polar surface area (TPSA) is 71.4 Å². The highest BCUT2D eigenvalue weighted by Crippen LogP contribution is 2.18. The van der Waals surface area contributed by atoms with Gasteiger partial charge >= 0.3 is 6.03 Å². The summed E-state index contributed by atoms with van der Waals surface area (Å²) < 4.78 is 7.05. The van der Waals surface area contributed by atoms with Crippen molar-refractivity contribution in [3.05, 3.63) is 42.7 Å². The third kappa shape index (κ3) is 4.56. The second kappa shape index (κ2) is 8.47. The molecule has 2 heterocycles. The minimum absolute atomic E-state index is 0.198. The van der Waals surface area contributed by atoms with Crippen molar-refractivity contribution in [2.45, 2.75) is 6.42 Å². The molecule has 0 aliphatic carbocycles. The Kier molecular flexibility index (Phi) is 5.81. The van der Waals surface area contributed by atoms with Crippen LogP contribution in [0.2, 0.25) is 0 Å². The summed E-state index contributed by atoms with van der Waals surface area (Å²) in [6.45, 7) is 5.18. The van der Waals surface area contributed by atoms with E-state index < -0.39 is 0 Å². The van der Waals surface area contributed by atoms with Crippen LogP contribution in [0, 0.1) is 0 Å². The number of anilines is 1. The van der Waals surface area contributed by atoms with Crippen LogP contribution in [-0.2, 0) is 4.74 Å². The van der Waals surface area contributed by atoms with Crippen molar-refractivity contribution in [3.8, 4) is 5.69 Å². The van der Waals surface area contributed by atoms with E-state index in [0.717, 1.165) is 50.6 Å². The molecule has 1 aromatic carbocycles. The lowest BCUT2D eigenvalue weighted by molar-refractivity contribution is 0.0375. The number of aromatic nitrogens is 2. The molecule has 2 aromatic rings. The zero-order chi connectivity index (χ0) is 16.6. The highest BCUT2D eigenvalue weighted by molar-refractivity contribution is 5.91. The predicted octanol–water partition coefficient (Wildman–Crippen LogP) is 1.72. The van der Waals surface area contributed by atoms with Crippen LogP contribution in [0.3, 0.4) is 0 Å². The Labute approximate surface area is 141 Å². The van der Waals surface area contributed by atoms with E-state index in [1.54, 1.807) is 10.9 Å². The molecule has 3 rings (SSSR count). The number of para-hydroxylation sites is 2. The largest absolute Gasteiger partial charge is 0.379 e. The summed E-state index contributed by atoms with van der Waals surface area (Å²) in [6, 6.07) is 9.24. The molecule has 0 radical (unpaired) electrons. The minimum Gasteiger partial charge on any atom is -0.379 e. The first kappa shape index (κ1) is 16.5. The highest BCUT2D eigenvalue weighted by atomic mass is 16.5. The van der Waals surface area contributed by atoms with Crippen molar-refractivity contribution >= 4 is 11.7 Å². The number of rotatable bonds is 6. The van der Waals surface area contributed by atoms with Gasteiger partial charge in [0.1, 0.15) is 0 Å². The SMILES string of the molecule is O=C(NCCCN1CCOCC1)Nc1ccccc1-n1cccn1. The summed E-state index contributed by atoms with van der Waals surface area (Å²) in [6.07, 6.45) is 4.48. The number of carbonyl (C=O) groups is 1. The fraction of sp³-hybridized carbons (Fsp3) is 0.412. The molecule has 0 atom stereocenters. The number of amides is 2. The molecule has 128 valence electrons. The Morgan fingerprint density at radius 3 is 2.83 bits per heavy atom. The quantitative estimate of drug-likeness (QED) is 0.792. The first-order valence-corrected chi connectivity index (χ1v) is 8.27. The average molecular weight is 329 g/mol. The van der Waals surface area contributed by atoms with Crippen LogP contribution in [-0.4, -0.2) is 60.1 Å². The Morgan fingerprint density at radius 2 is 2.04 bits per heavy atom. The van der Waals surface area contributed by atoms with Gasteiger partial charge in [0.25, 0.3) is 0 Å². The van der Waals surface area contributed by atoms with Gasteiger partial charge in [0, 0.05) is 32.0 Å². The Morgan fingerprint density at radius 1 is 1.21 bits per heavy atom. The van der Waals surface area contributed by atoms with Gasteiger partial charge in [0.05, 0.1) is 24.6 Å². The number of nitrogens with one attached hydrogen (secondary N) is 2. The van der Waals surface area contributed by atoms with Gasteiger partial charge in [-0.2, -0.15) is 5.10 Å². The fourth-order valence-corrected chi connectivity index (χ4v) is 2.69. The zero-order valence-electron chi connectivity index (χ0n) is 13.6. The molecule has 24 heavy (non-hydrogen) atoms. The summed E-state index contributed by atoms with van der Waals surface area (Å²) in [5.41, 5.74) is 1.57. The fourth-order valence-electron chi connectivity index (χ4n) is 2.69. The first-order valence-electron chi connectivity index (χ1n) is 8.27. The minimum atomic E-state index is -0.198. The molecule has 7 heteroatoms. The van der Waals surface area contributed by atoms with E-state index in [1.165, 1.54) is 0 Å². The van der Waals surface area contributed by atoms with Crippen LogP contribution in [0.1, 0.15) is 6.42 Å². The lowest BCUT2D eigenvalue weighted by Gasteiger charge is -2.26. The van der Waals surface area contributed by atoms with Gasteiger partial charge in [0.2, 0.25) is 0 Å². The number of ether oxygens (including phenoxy) is 1. The number of urea groups is 1. The van der Waals surface area contributed by atoms with Crippen LogP contribution in [0.15, 0.2) is 42.7 Å². The predicted molar refractivity (Wildman–Crippen MR) is 92.5 cm³/mol. The van der Waals surface area contributed by atoms with Crippen molar-refractivity contribution in [2.75, 3.05) is 44.7 Å². The molecule has 0 bridgehead atoms. The second-order valence-electron chi connectivity index (χ2n) is 5.66. The molecule has 1 fully saturated rings. The number of benzene rings is 1. The molecule has 0 spiro atoms. The van der Waals surface area contributed by atoms with Crippen molar-refractivity contribution in [3.63, 3.8) is 0 Å². The maximum atomic E-state index is 12.1. The zero-order valence-corrected chi connectivity index (χ0v) is 13.6. The third-order valence-electron chi connectivity index (χ3n) is 3.94. The number of hydrogen-bond acceptors (Lipinski definition) is 4. The molecule has 0 unspecified atom stereocenters. The summed E-state index contributed by atoms with van der Waals surface area (Å²) >= 11 is 0. The lowest BCUT2D eigenvalue weighted by atomic mass is 10.2. The monoisotopic (exact) mass is 329 g/mol. The molecule has 1 aliphatic rings.